The molecule has 0 spiro atoms. The zero-order valence-corrected chi connectivity index (χ0v) is 6.90. The van der Waals surface area contributed by atoms with Gasteiger partial charge in [0.25, 0.3) is 0 Å². The maximum atomic E-state index is 5.25. The summed E-state index contributed by atoms with van der Waals surface area (Å²) in [7, 11) is 0. The average Bonchev–Trinajstić information content (AvgIpc) is 2.10. The summed E-state index contributed by atoms with van der Waals surface area (Å²) in [5.74, 6) is 3.42. The molecule has 0 saturated heterocycles. The van der Waals surface area contributed by atoms with Crippen molar-refractivity contribution in [3.63, 3.8) is 0 Å². The third-order valence-electron chi connectivity index (χ3n) is 1.84. The van der Waals surface area contributed by atoms with Crippen LogP contribution in [0.3, 0.4) is 0 Å². The Morgan fingerprint density at radius 1 is 1.20 bits per heavy atom. The van der Waals surface area contributed by atoms with Gasteiger partial charge < -0.3 is 0 Å². The zero-order chi connectivity index (χ0) is 7.82. The molecule has 0 aromatic carbocycles. The van der Waals surface area contributed by atoms with Crippen LogP contribution >= 0.6 is 0 Å². The lowest BCUT2D eigenvalue weighted by atomic mass is 9.90. The highest BCUT2D eigenvalue weighted by Crippen LogP contribution is 2.22. The molecule has 0 aliphatic heterocycles. The molecule has 57 valence electrons. The van der Waals surface area contributed by atoms with E-state index in [2.05, 4.69) is 12.8 Å². The summed E-state index contributed by atoms with van der Waals surface area (Å²) >= 11 is 0. The second kappa shape index (κ2) is 6.68. The van der Waals surface area contributed by atoms with E-state index >= 15 is 0 Å². The van der Waals surface area contributed by atoms with Gasteiger partial charge in [0.2, 0.25) is 0 Å². The van der Waals surface area contributed by atoms with Crippen LogP contribution in [0.2, 0.25) is 0 Å². The smallest absolute Gasteiger partial charge is 0.0200 e. The fourth-order valence-corrected chi connectivity index (χ4v) is 1.27. The molecule has 10 heavy (non-hydrogen) atoms. The molecule has 1 aliphatic rings. The standard InChI is InChI=1S/C8H12.C2H5/c1-2-8-6-4-3-5-7-8;1-2/h1,8H,3-7H2;1H2,2H3. The van der Waals surface area contributed by atoms with E-state index in [-0.39, 0.29) is 0 Å². The molecule has 1 aliphatic carbocycles. The predicted octanol–water partition coefficient (Wildman–Crippen LogP) is 3.04. The number of rotatable bonds is 0. The van der Waals surface area contributed by atoms with Crippen molar-refractivity contribution in [3.05, 3.63) is 6.92 Å². The maximum absolute atomic E-state index is 5.25. The van der Waals surface area contributed by atoms with Crippen LogP contribution in [0.5, 0.6) is 0 Å². The monoisotopic (exact) mass is 137 g/mol. The molecule has 0 unspecified atom stereocenters. The van der Waals surface area contributed by atoms with Gasteiger partial charge in [-0.05, 0) is 12.8 Å². The normalized spacial score (nSPS) is 18.5. The van der Waals surface area contributed by atoms with Gasteiger partial charge in [-0.1, -0.05) is 33.1 Å². The lowest BCUT2D eigenvalue weighted by Crippen LogP contribution is -2.02. The van der Waals surface area contributed by atoms with Crippen LogP contribution < -0.4 is 0 Å². The molecule has 0 aromatic heterocycles. The Morgan fingerprint density at radius 3 is 2.00 bits per heavy atom. The summed E-state index contributed by atoms with van der Waals surface area (Å²) in [4.78, 5) is 0. The third kappa shape index (κ3) is 3.56. The first-order valence-electron chi connectivity index (χ1n) is 4.10. The molecule has 0 heteroatoms. The van der Waals surface area contributed by atoms with Gasteiger partial charge in [0.05, 0.1) is 0 Å². The van der Waals surface area contributed by atoms with Gasteiger partial charge in [-0.2, -0.15) is 0 Å². The molecule has 1 saturated carbocycles. The van der Waals surface area contributed by atoms with Crippen molar-refractivity contribution >= 4 is 0 Å². The summed E-state index contributed by atoms with van der Waals surface area (Å²) in [6.45, 7) is 5.00. The van der Waals surface area contributed by atoms with E-state index in [1.807, 2.05) is 0 Å². The largest absolute Gasteiger partial charge is 0.120 e. The van der Waals surface area contributed by atoms with Gasteiger partial charge in [-0.25, -0.2) is 0 Å². The van der Waals surface area contributed by atoms with E-state index in [1.165, 1.54) is 32.1 Å². The van der Waals surface area contributed by atoms with E-state index in [0.29, 0.717) is 5.92 Å². The van der Waals surface area contributed by atoms with Gasteiger partial charge >= 0.3 is 0 Å². The van der Waals surface area contributed by atoms with Crippen LogP contribution in [0.25, 0.3) is 0 Å². The SMILES string of the molecule is C#CC1CCCCC1.[CH2]C. The molecule has 0 amide bonds. The first-order valence-corrected chi connectivity index (χ1v) is 4.10. The number of hydrogen-bond acceptors (Lipinski definition) is 0. The minimum absolute atomic E-state index is 0.615. The third-order valence-corrected chi connectivity index (χ3v) is 1.84. The van der Waals surface area contributed by atoms with E-state index in [4.69, 9.17) is 6.42 Å². The van der Waals surface area contributed by atoms with E-state index in [9.17, 15) is 0 Å². The topological polar surface area (TPSA) is 0 Å². The van der Waals surface area contributed by atoms with Gasteiger partial charge in [0.15, 0.2) is 0 Å². The Bertz CT molecular complexity index is 91.1. The molecule has 0 heterocycles. The highest BCUT2D eigenvalue weighted by Gasteiger charge is 2.08. The van der Waals surface area contributed by atoms with Crippen molar-refractivity contribution in [3.8, 4) is 12.3 Å². The van der Waals surface area contributed by atoms with Crippen LogP contribution in [0.15, 0.2) is 0 Å². The average molecular weight is 137 g/mol. The minimum Gasteiger partial charge on any atom is -0.120 e. The maximum Gasteiger partial charge on any atom is 0.0200 e. The van der Waals surface area contributed by atoms with Gasteiger partial charge in [0.1, 0.15) is 0 Å². The summed E-state index contributed by atoms with van der Waals surface area (Å²) in [6.07, 6.45) is 11.9. The van der Waals surface area contributed by atoms with E-state index in [0.717, 1.165) is 0 Å². The highest BCUT2D eigenvalue weighted by atomic mass is 14.1. The Labute approximate surface area is 65.0 Å². The van der Waals surface area contributed by atoms with Crippen molar-refractivity contribution in [1.29, 1.82) is 0 Å². The first-order chi connectivity index (χ1) is 4.93. The van der Waals surface area contributed by atoms with E-state index in [1.54, 1.807) is 6.92 Å². The molecule has 0 N–H and O–H groups in total. The van der Waals surface area contributed by atoms with Crippen LogP contribution in [-0.2, 0) is 0 Å². The first kappa shape index (κ1) is 9.56. The fraction of sp³-hybridized carbons (Fsp3) is 0.700. The lowest BCUT2D eigenvalue weighted by molar-refractivity contribution is 0.430. The molecule has 1 radical (unpaired) electrons. The van der Waals surface area contributed by atoms with Crippen molar-refractivity contribution < 1.29 is 0 Å². The van der Waals surface area contributed by atoms with Crippen LogP contribution in [0.1, 0.15) is 39.0 Å². The van der Waals surface area contributed by atoms with Crippen molar-refractivity contribution in [2.75, 3.05) is 0 Å². The summed E-state index contributed by atoms with van der Waals surface area (Å²) in [6, 6.07) is 0. The Balaban J connectivity index is 0.000000371. The Kier molecular flexibility index (Phi) is 6.38. The summed E-state index contributed by atoms with van der Waals surface area (Å²) < 4.78 is 0. The van der Waals surface area contributed by atoms with E-state index < -0.39 is 0 Å². The molecule has 1 fully saturated rings. The van der Waals surface area contributed by atoms with Gasteiger partial charge in [0, 0.05) is 5.92 Å². The molecule has 0 nitrogen and oxygen atoms in total. The Morgan fingerprint density at radius 2 is 1.70 bits per heavy atom. The van der Waals surface area contributed by atoms with Crippen LogP contribution in [-0.4, -0.2) is 0 Å². The second-order valence-electron chi connectivity index (χ2n) is 2.50. The molecule has 0 aromatic rings. The van der Waals surface area contributed by atoms with Crippen molar-refractivity contribution in [2.45, 2.75) is 39.0 Å². The summed E-state index contributed by atoms with van der Waals surface area (Å²) in [5, 5.41) is 0. The second-order valence-corrected chi connectivity index (χ2v) is 2.50. The zero-order valence-electron chi connectivity index (χ0n) is 6.90. The lowest BCUT2D eigenvalue weighted by Gasteiger charge is -2.14. The number of hydrogen-bond donors (Lipinski definition) is 0. The highest BCUT2D eigenvalue weighted by molar-refractivity contribution is 4.93. The Hall–Kier alpha value is -0.440. The minimum atomic E-state index is 0.615. The predicted molar refractivity (Wildman–Crippen MR) is 46.4 cm³/mol. The molecule has 0 bridgehead atoms. The molecule has 1 rings (SSSR count). The molecular formula is C10H17. The number of terminal acetylenes is 1. The van der Waals surface area contributed by atoms with Crippen molar-refractivity contribution in [1.82, 2.24) is 0 Å². The fourth-order valence-electron chi connectivity index (χ4n) is 1.27. The molecular weight excluding hydrogens is 120 g/mol. The molecule has 0 atom stereocenters. The van der Waals surface area contributed by atoms with Crippen LogP contribution in [0.4, 0.5) is 0 Å². The van der Waals surface area contributed by atoms with Gasteiger partial charge in [-0.3, -0.25) is 0 Å². The summed E-state index contributed by atoms with van der Waals surface area (Å²) in [5.41, 5.74) is 0. The van der Waals surface area contributed by atoms with Crippen molar-refractivity contribution in [2.24, 2.45) is 5.92 Å². The van der Waals surface area contributed by atoms with Crippen LogP contribution in [0, 0.1) is 25.2 Å². The van der Waals surface area contributed by atoms with Gasteiger partial charge in [-0.15, -0.1) is 12.3 Å². The quantitative estimate of drug-likeness (QED) is 0.450.